The van der Waals surface area contributed by atoms with Crippen molar-refractivity contribution in [3.63, 3.8) is 0 Å². The first kappa shape index (κ1) is 14.5. The fraction of sp³-hybridized carbons (Fsp3) is 0.600. The van der Waals surface area contributed by atoms with Crippen molar-refractivity contribution >= 4 is 18.3 Å². The largest absolute Gasteiger partial charge is 0.350 e. The molecule has 0 aliphatic heterocycles. The van der Waals surface area contributed by atoms with Gasteiger partial charge in [-0.2, -0.15) is 12.6 Å². The first-order valence-corrected chi connectivity index (χ1v) is 6.28. The van der Waals surface area contributed by atoms with Crippen LogP contribution in [-0.4, -0.2) is 20.2 Å². The molecule has 7 nitrogen and oxygen atoms in total. The lowest BCUT2D eigenvalue weighted by molar-refractivity contribution is -0.386. The molecule has 1 N–H and O–H groups in total. The molecule has 0 aromatic carbocycles. The number of unbranched alkanes of at least 4 members (excludes halogenated alkanes) is 3. The van der Waals surface area contributed by atoms with Crippen molar-refractivity contribution in [1.29, 1.82) is 0 Å². The Balaban J connectivity index is 2.71. The van der Waals surface area contributed by atoms with Gasteiger partial charge >= 0.3 is 16.9 Å². The average Bonchev–Trinajstić information content (AvgIpc) is 2.30. The molecular weight excluding hydrogens is 258 g/mol. The van der Waals surface area contributed by atoms with Crippen LogP contribution < -0.4 is 11.2 Å². The summed E-state index contributed by atoms with van der Waals surface area (Å²) in [6.45, 7) is 0.364. The standard InChI is InChI=1S/C10H15N3O4S/c14-9-8(13(16)17)7-12(10(15)11-9)5-3-1-2-4-6-18/h7,18H,1-6H2,(H,11,14,15). The van der Waals surface area contributed by atoms with Crippen molar-refractivity contribution in [2.24, 2.45) is 0 Å². The van der Waals surface area contributed by atoms with Gasteiger partial charge in [-0.1, -0.05) is 12.8 Å². The third kappa shape index (κ3) is 4.02. The summed E-state index contributed by atoms with van der Waals surface area (Å²) < 4.78 is 1.17. The number of nitrogens with one attached hydrogen (secondary N) is 1. The topological polar surface area (TPSA) is 98.0 Å². The second kappa shape index (κ2) is 7.00. The number of hydrogen-bond donors (Lipinski definition) is 2. The van der Waals surface area contributed by atoms with Crippen LogP contribution in [0.25, 0.3) is 0 Å². The van der Waals surface area contributed by atoms with Gasteiger partial charge in [0.25, 0.3) is 0 Å². The summed E-state index contributed by atoms with van der Waals surface area (Å²) in [5.74, 6) is 0.823. The number of aromatic nitrogens is 2. The number of hydrogen-bond acceptors (Lipinski definition) is 5. The molecule has 8 heteroatoms. The molecule has 0 fully saturated rings. The van der Waals surface area contributed by atoms with E-state index in [0.29, 0.717) is 6.54 Å². The zero-order chi connectivity index (χ0) is 13.5. The third-order valence-corrected chi connectivity index (χ3v) is 2.81. The average molecular weight is 273 g/mol. The van der Waals surface area contributed by atoms with Gasteiger partial charge in [0.1, 0.15) is 0 Å². The van der Waals surface area contributed by atoms with E-state index < -0.39 is 21.9 Å². The van der Waals surface area contributed by atoms with Crippen molar-refractivity contribution in [2.75, 3.05) is 5.75 Å². The van der Waals surface area contributed by atoms with Crippen LogP contribution in [0.3, 0.4) is 0 Å². The molecule has 0 atom stereocenters. The molecule has 1 aromatic rings. The molecule has 0 spiro atoms. The first-order chi connectivity index (χ1) is 8.56. The van der Waals surface area contributed by atoms with Crippen LogP contribution in [-0.2, 0) is 6.54 Å². The molecule has 0 unspecified atom stereocenters. The Morgan fingerprint density at radius 2 is 1.94 bits per heavy atom. The van der Waals surface area contributed by atoms with Crippen LogP contribution in [0, 0.1) is 10.1 Å². The fourth-order valence-corrected chi connectivity index (χ4v) is 1.77. The third-order valence-electron chi connectivity index (χ3n) is 2.50. The van der Waals surface area contributed by atoms with E-state index in [1.54, 1.807) is 0 Å². The molecule has 100 valence electrons. The minimum atomic E-state index is -0.962. The zero-order valence-electron chi connectivity index (χ0n) is 9.79. The number of nitro groups is 1. The van der Waals surface area contributed by atoms with Gasteiger partial charge in [-0.25, -0.2) is 4.79 Å². The Labute approximate surface area is 108 Å². The maximum atomic E-state index is 11.4. The van der Waals surface area contributed by atoms with E-state index in [9.17, 15) is 19.7 Å². The minimum absolute atomic E-state index is 0.364. The normalized spacial score (nSPS) is 10.5. The molecule has 0 amide bonds. The van der Waals surface area contributed by atoms with Gasteiger partial charge in [-0.3, -0.25) is 24.5 Å². The van der Waals surface area contributed by atoms with Crippen LogP contribution in [0.2, 0.25) is 0 Å². The zero-order valence-corrected chi connectivity index (χ0v) is 10.7. The van der Waals surface area contributed by atoms with E-state index >= 15 is 0 Å². The maximum absolute atomic E-state index is 11.4. The van der Waals surface area contributed by atoms with Gasteiger partial charge in [-0.15, -0.1) is 0 Å². The predicted molar refractivity (Wildman–Crippen MR) is 70.3 cm³/mol. The van der Waals surface area contributed by atoms with Crippen LogP contribution in [0.5, 0.6) is 0 Å². The summed E-state index contributed by atoms with van der Waals surface area (Å²) in [6, 6.07) is 0. The monoisotopic (exact) mass is 273 g/mol. The molecule has 0 bridgehead atoms. The van der Waals surface area contributed by atoms with Gasteiger partial charge in [-0.05, 0) is 18.6 Å². The van der Waals surface area contributed by atoms with Crippen LogP contribution >= 0.6 is 12.6 Å². The summed E-state index contributed by atoms with van der Waals surface area (Å²) in [7, 11) is 0. The highest BCUT2D eigenvalue weighted by atomic mass is 32.1. The number of H-pyrrole nitrogens is 1. The van der Waals surface area contributed by atoms with Crippen molar-refractivity contribution < 1.29 is 4.92 Å². The number of nitrogens with zero attached hydrogens (tertiary/aromatic N) is 2. The van der Waals surface area contributed by atoms with E-state index in [0.717, 1.165) is 37.6 Å². The van der Waals surface area contributed by atoms with Crippen molar-refractivity contribution in [2.45, 2.75) is 32.2 Å². The minimum Gasteiger partial charge on any atom is -0.294 e. The Kier molecular flexibility index (Phi) is 5.63. The fourth-order valence-electron chi connectivity index (χ4n) is 1.54. The second-order valence-electron chi connectivity index (χ2n) is 3.86. The van der Waals surface area contributed by atoms with Crippen LogP contribution in [0.4, 0.5) is 5.69 Å². The smallest absolute Gasteiger partial charge is 0.294 e. The molecule has 18 heavy (non-hydrogen) atoms. The summed E-state index contributed by atoms with van der Waals surface area (Å²) in [6.07, 6.45) is 4.66. The van der Waals surface area contributed by atoms with Crippen molar-refractivity contribution in [3.8, 4) is 0 Å². The number of rotatable bonds is 7. The number of thiol groups is 1. The molecule has 0 saturated carbocycles. The maximum Gasteiger partial charge on any atom is 0.350 e. The second-order valence-corrected chi connectivity index (χ2v) is 4.31. The highest BCUT2D eigenvalue weighted by Gasteiger charge is 2.14. The first-order valence-electron chi connectivity index (χ1n) is 5.65. The molecule has 0 radical (unpaired) electrons. The molecular formula is C10H15N3O4S. The SMILES string of the molecule is O=c1[nH]c(=O)n(CCCCCCS)cc1[N+](=O)[O-]. The highest BCUT2D eigenvalue weighted by molar-refractivity contribution is 7.80. The summed E-state index contributed by atoms with van der Waals surface area (Å²) in [4.78, 5) is 34.2. The van der Waals surface area contributed by atoms with Gasteiger partial charge in [0.15, 0.2) is 0 Å². The highest BCUT2D eigenvalue weighted by Crippen LogP contribution is 2.04. The molecule has 1 aromatic heterocycles. The number of aromatic amines is 1. The van der Waals surface area contributed by atoms with E-state index in [4.69, 9.17) is 0 Å². The van der Waals surface area contributed by atoms with E-state index in [1.165, 1.54) is 4.57 Å². The van der Waals surface area contributed by atoms with Gasteiger partial charge in [0.2, 0.25) is 0 Å². The van der Waals surface area contributed by atoms with Crippen LogP contribution in [0.1, 0.15) is 25.7 Å². The van der Waals surface area contributed by atoms with Gasteiger partial charge < -0.3 is 0 Å². The molecule has 1 rings (SSSR count). The Morgan fingerprint density at radius 1 is 1.28 bits per heavy atom. The quantitative estimate of drug-likeness (QED) is 0.334. The lowest BCUT2D eigenvalue weighted by Crippen LogP contribution is -2.30. The molecule has 0 aliphatic rings. The van der Waals surface area contributed by atoms with E-state index in [2.05, 4.69) is 12.6 Å². The van der Waals surface area contributed by atoms with Gasteiger partial charge in [0, 0.05) is 6.54 Å². The lowest BCUT2D eigenvalue weighted by Gasteiger charge is -2.04. The van der Waals surface area contributed by atoms with E-state index in [1.807, 2.05) is 4.98 Å². The van der Waals surface area contributed by atoms with E-state index in [-0.39, 0.29) is 0 Å². The predicted octanol–water partition coefficient (Wildman–Crippen LogP) is 0.935. The van der Waals surface area contributed by atoms with Crippen molar-refractivity contribution in [1.82, 2.24) is 9.55 Å². The number of aryl methyl sites for hydroxylation is 1. The summed E-state index contributed by atoms with van der Waals surface area (Å²) >= 11 is 4.09. The molecule has 1 heterocycles. The Morgan fingerprint density at radius 3 is 2.56 bits per heavy atom. The molecule has 0 saturated heterocycles. The van der Waals surface area contributed by atoms with Crippen LogP contribution in [0.15, 0.2) is 15.8 Å². The lowest BCUT2D eigenvalue weighted by atomic mass is 10.2. The van der Waals surface area contributed by atoms with Crippen molar-refractivity contribution in [3.05, 3.63) is 37.1 Å². The Hall–Kier alpha value is -1.57. The molecule has 0 aliphatic carbocycles. The summed E-state index contributed by atoms with van der Waals surface area (Å²) in [5, 5.41) is 10.6. The van der Waals surface area contributed by atoms with Gasteiger partial charge in [0.05, 0.1) is 11.1 Å². The Bertz CT molecular complexity index is 523. The summed E-state index contributed by atoms with van der Waals surface area (Å²) in [5.41, 5.74) is -2.18.